The number of piperazine rings is 2. The molecule has 2 aromatic rings. The zero-order valence-electron chi connectivity index (χ0n) is 36.8. The molecule has 6 rings (SSSR count). The highest BCUT2D eigenvalue weighted by atomic mass is 32.2. The number of carbonyl (C=O) groups excluding carboxylic acids is 4. The zero-order valence-corrected chi connectivity index (χ0v) is 37.6. The fourth-order valence-corrected chi connectivity index (χ4v) is 9.89. The van der Waals surface area contributed by atoms with Crippen LogP contribution in [0.25, 0.3) is 6.08 Å². The Labute approximate surface area is 370 Å². The Bertz CT molecular complexity index is 2130. The molecule has 0 bridgehead atoms. The molecule has 3 amide bonds. The highest BCUT2D eigenvalue weighted by Crippen LogP contribution is 2.28. The van der Waals surface area contributed by atoms with Gasteiger partial charge in [-0.2, -0.15) is 9.40 Å². The van der Waals surface area contributed by atoms with Crippen LogP contribution in [0.3, 0.4) is 0 Å². The van der Waals surface area contributed by atoms with Gasteiger partial charge in [-0.1, -0.05) is 38.8 Å². The third-order valence-electron chi connectivity index (χ3n) is 12.3. The quantitative estimate of drug-likeness (QED) is 0.130. The maximum atomic E-state index is 15.2. The van der Waals surface area contributed by atoms with Gasteiger partial charge in [0.2, 0.25) is 10.0 Å². The van der Waals surface area contributed by atoms with Crippen LogP contribution >= 0.6 is 0 Å². The van der Waals surface area contributed by atoms with Gasteiger partial charge < -0.3 is 24.4 Å². The lowest BCUT2D eigenvalue weighted by Crippen LogP contribution is -2.49. The van der Waals surface area contributed by atoms with Gasteiger partial charge in [0.05, 0.1) is 18.7 Å². The Hall–Kier alpha value is -4.91. The molecule has 5 heterocycles. The second-order valence-corrected chi connectivity index (χ2v) is 19.1. The van der Waals surface area contributed by atoms with Crippen molar-refractivity contribution in [2.24, 2.45) is 18.9 Å². The van der Waals surface area contributed by atoms with Crippen molar-refractivity contribution in [1.82, 2.24) is 28.8 Å². The minimum atomic E-state index is -3.71. The van der Waals surface area contributed by atoms with Crippen LogP contribution in [0.2, 0.25) is 0 Å². The van der Waals surface area contributed by atoms with E-state index in [-0.39, 0.29) is 48.1 Å². The number of aromatic nitrogens is 2. The van der Waals surface area contributed by atoms with Gasteiger partial charge in [0.1, 0.15) is 22.9 Å². The lowest BCUT2D eigenvalue weighted by atomic mass is 9.91. The van der Waals surface area contributed by atoms with Gasteiger partial charge in [-0.15, -0.1) is 0 Å². The van der Waals surface area contributed by atoms with Crippen molar-refractivity contribution in [2.75, 3.05) is 70.3 Å². The maximum absolute atomic E-state index is 15.2. The van der Waals surface area contributed by atoms with E-state index < -0.39 is 46.2 Å². The number of anilines is 1. The summed E-state index contributed by atoms with van der Waals surface area (Å²) in [5.74, 6) is -2.05. The third kappa shape index (κ3) is 12.9. The summed E-state index contributed by atoms with van der Waals surface area (Å²) in [7, 11) is -2.06. The van der Waals surface area contributed by atoms with Crippen LogP contribution in [0.1, 0.15) is 71.3 Å². The first kappa shape index (κ1) is 47.6. The largest absolute Gasteiger partial charge is 0.457 e. The molecule has 2 fully saturated rings. The lowest BCUT2D eigenvalue weighted by molar-refractivity contribution is -0.151. The normalized spacial score (nSPS) is 25.5. The fourth-order valence-electron chi connectivity index (χ4n) is 8.48. The van der Waals surface area contributed by atoms with Crippen LogP contribution in [0.15, 0.2) is 65.4 Å². The Balaban J connectivity index is 1.04. The number of hydrogen-bond donors (Lipinski definition) is 1. The second-order valence-electron chi connectivity index (χ2n) is 17.2. The molecule has 4 aliphatic heterocycles. The Morgan fingerprint density at radius 1 is 0.921 bits per heavy atom. The van der Waals surface area contributed by atoms with Gasteiger partial charge in [-0.25, -0.2) is 17.6 Å². The standard InChI is InChI=1S/C45H62FN7O9S/c1-32-9-11-38(54)29-43(57)62-44(34(3)25-35-26-36(46)28-37(27-35)50-21-23-52(24-22-50)63(59,60)39-30-47-48(4)31-39)33(2)10-12-40(32)61-45(58)51-19-17-49(18-20-51)15-7-5-6-8-16-53-41(55)13-14-42(53)56/h10,12-14,25-28,30-33,38,40,44,54H,5-9,11,15-24,29H2,1-4H3/b12-10+,34-25+/t32-,33-,38+,40-,44-/m0/s1. The third-order valence-corrected chi connectivity index (χ3v) is 14.2. The summed E-state index contributed by atoms with van der Waals surface area (Å²) in [5, 5.41) is 14.8. The number of ether oxygens (including phenoxy) is 2. The molecular weight excluding hydrogens is 834 g/mol. The van der Waals surface area contributed by atoms with E-state index in [2.05, 4.69) is 10.00 Å². The molecule has 4 aliphatic rings. The highest BCUT2D eigenvalue weighted by Gasteiger charge is 2.32. The fraction of sp³-hybridized carbons (Fsp3) is 0.578. The number of imide groups is 1. The number of unbranched alkanes of at least 4 members (excludes halogenated alkanes) is 3. The number of hydrogen-bond acceptors (Lipinski definition) is 12. The van der Waals surface area contributed by atoms with Gasteiger partial charge in [0.25, 0.3) is 11.8 Å². The molecule has 16 nitrogen and oxygen atoms in total. The van der Waals surface area contributed by atoms with Crippen LogP contribution in [-0.2, 0) is 40.9 Å². The van der Waals surface area contributed by atoms with Crippen LogP contribution < -0.4 is 4.90 Å². The van der Waals surface area contributed by atoms with E-state index in [1.807, 2.05) is 37.0 Å². The average Bonchev–Trinajstić information content (AvgIpc) is 3.84. The predicted molar refractivity (Wildman–Crippen MR) is 234 cm³/mol. The van der Waals surface area contributed by atoms with Gasteiger partial charge in [0, 0.05) is 95.9 Å². The molecule has 0 spiro atoms. The predicted octanol–water partition coefficient (Wildman–Crippen LogP) is 4.37. The summed E-state index contributed by atoms with van der Waals surface area (Å²) >= 11 is 0. The summed E-state index contributed by atoms with van der Waals surface area (Å²) in [6.07, 6.45) is 12.4. The zero-order chi connectivity index (χ0) is 45.3. The molecule has 5 atom stereocenters. The molecule has 0 radical (unpaired) electrons. The van der Waals surface area contributed by atoms with E-state index in [9.17, 15) is 32.7 Å². The summed E-state index contributed by atoms with van der Waals surface area (Å²) in [6.45, 7) is 10.6. The van der Waals surface area contributed by atoms with Crippen molar-refractivity contribution < 1.29 is 46.6 Å². The highest BCUT2D eigenvalue weighted by molar-refractivity contribution is 7.89. The molecule has 18 heteroatoms. The van der Waals surface area contributed by atoms with Crippen molar-refractivity contribution in [3.05, 3.63) is 71.9 Å². The SMILES string of the molecule is C/C(=C\c1cc(F)cc(N2CCN(S(=O)(=O)c3cnn(C)c3)CC2)c1)[C@H]1OC(=O)C[C@H](O)CC[C@H](C)[C@@H](OC(=O)N2CCN(CCCCCCN3C(=O)C=CC3=O)CC2)/C=C/[C@@H]1C. The van der Waals surface area contributed by atoms with E-state index in [0.717, 1.165) is 45.3 Å². The van der Waals surface area contributed by atoms with Crippen molar-refractivity contribution in [1.29, 1.82) is 0 Å². The van der Waals surface area contributed by atoms with Crippen LogP contribution in [0.5, 0.6) is 0 Å². The first-order valence-electron chi connectivity index (χ1n) is 22.1. The maximum Gasteiger partial charge on any atom is 0.410 e. The number of aliphatic hydroxyl groups excluding tert-OH is 1. The first-order chi connectivity index (χ1) is 30.1. The van der Waals surface area contributed by atoms with E-state index in [4.69, 9.17) is 9.47 Å². The van der Waals surface area contributed by atoms with E-state index >= 15 is 4.39 Å². The van der Waals surface area contributed by atoms with Crippen LogP contribution in [0.4, 0.5) is 14.9 Å². The number of aliphatic hydroxyl groups is 1. The van der Waals surface area contributed by atoms with E-state index in [0.29, 0.717) is 62.4 Å². The number of rotatable bonds is 13. The summed E-state index contributed by atoms with van der Waals surface area (Å²) in [5.41, 5.74) is 1.77. The number of amides is 3. The number of nitrogens with zero attached hydrogens (tertiary/aromatic N) is 7. The van der Waals surface area contributed by atoms with Gasteiger partial charge in [-0.3, -0.25) is 28.9 Å². The molecule has 344 valence electrons. The molecule has 0 aliphatic carbocycles. The Kier molecular flexibility index (Phi) is 16.3. The molecule has 0 saturated carbocycles. The number of aryl methyl sites for hydroxylation is 1. The number of benzene rings is 1. The Morgan fingerprint density at radius 3 is 2.27 bits per heavy atom. The topological polar surface area (TPSA) is 175 Å². The van der Waals surface area contributed by atoms with Gasteiger partial charge >= 0.3 is 12.1 Å². The van der Waals surface area contributed by atoms with Crippen molar-refractivity contribution in [3.63, 3.8) is 0 Å². The number of esters is 1. The lowest BCUT2D eigenvalue weighted by Gasteiger charge is -2.35. The van der Waals surface area contributed by atoms with Crippen LogP contribution in [0, 0.1) is 17.7 Å². The average molecular weight is 896 g/mol. The number of sulfonamides is 1. The molecule has 1 aromatic carbocycles. The molecule has 1 N–H and O–H groups in total. The second kappa shape index (κ2) is 21.6. The van der Waals surface area contributed by atoms with Crippen molar-refractivity contribution >= 4 is 45.7 Å². The minimum Gasteiger partial charge on any atom is -0.457 e. The summed E-state index contributed by atoms with van der Waals surface area (Å²) < 4.78 is 56.4. The first-order valence-corrected chi connectivity index (χ1v) is 23.5. The number of cyclic esters (lactones) is 1. The molecule has 1 aromatic heterocycles. The number of halogens is 1. The van der Waals surface area contributed by atoms with Gasteiger partial charge in [0.15, 0.2) is 0 Å². The molecular formula is C45H62FN7O9S. The monoisotopic (exact) mass is 895 g/mol. The van der Waals surface area contributed by atoms with Crippen molar-refractivity contribution in [2.45, 2.75) is 88.9 Å². The molecule has 2 saturated heterocycles. The summed E-state index contributed by atoms with van der Waals surface area (Å²) in [4.78, 5) is 57.5. The van der Waals surface area contributed by atoms with E-state index in [1.54, 1.807) is 24.9 Å². The smallest absolute Gasteiger partial charge is 0.410 e. The molecule has 63 heavy (non-hydrogen) atoms. The van der Waals surface area contributed by atoms with Crippen LogP contribution in [-0.4, -0.2) is 150 Å². The van der Waals surface area contributed by atoms with Crippen molar-refractivity contribution in [3.8, 4) is 0 Å². The Morgan fingerprint density at radius 2 is 1.60 bits per heavy atom. The number of carbonyl (C=O) groups is 4. The van der Waals surface area contributed by atoms with E-state index in [1.165, 1.54) is 50.6 Å². The summed E-state index contributed by atoms with van der Waals surface area (Å²) in [6, 6.07) is 4.63. The van der Waals surface area contributed by atoms with Gasteiger partial charge in [-0.05, 0) is 80.5 Å². The minimum absolute atomic E-state index is 0.124. The molecule has 0 unspecified atom stereocenters.